The van der Waals surface area contributed by atoms with Crippen molar-refractivity contribution in [3.05, 3.63) is 0 Å². The minimum atomic E-state index is -4.18. The number of halogens is 3. The van der Waals surface area contributed by atoms with Crippen molar-refractivity contribution < 1.29 is 18.0 Å². The van der Waals surface area contributed by atoms with Crippen LogP contribution in [0.5, 0.6) is 0 Å². The van der Waals surface area contributed by atoms with Crippen LogP contribution in [0.1, 0.15) is 51.9 Å². The molecular weight excluding hydrogens is 281 g/mol. The zero-order chi connectivity index (χ0) is 15.9. The van der Waals surface area contributed by atoms with Gasteiger partial charge in [-0.05, 0) is 44.6 Å². The van der Waals surface area contributed by atoms with E-state index in [1.165, 1.54) is 0 Å². The van der Waals surface area contributed by atoms with Gasteiger partial charge in [-0.1, -0.05) is 19.8 Å². The molecule has 0 spiro atoms. The molecule has 0 bridgehead atoms. The summed E-state index contributed by atoms with van der Waals surface area (Å²) in [6.45, 7) is 3.16. The molecule has 0 aromatic carbocycles. The molecule has 0 aromatic rings. The van der Waals surface area contributed by atoms with Gasteiger partial charge in [0.05, 0.1) is 5.92 Å². The van der Waals surface area contributed by atoms with Crippen molar-refractivity contribution in [2.75, 3.05) is 13.1 Å². The molecule has 1 aliphatic carbocycles. The van der Waals surface area contributed by atoms with E-state index in [2.05, 4.69) is 12.2 Å². The molecule has 3 nitrogen and oxygen atoms in total. The van der Waals surface area contributed by atoms with Gasteiger partial charge in [0, 0.05) is 12.5 Å². The molecular formula is C15H27F3N2O. The second kappa shape index (κ2) is 8.61. The fourth-order valence-corrected chi connectivity index (χ4v) is 3.11. The summed E-state index contributed by atoms with van der Waals surface area (Å²) >= 11 is 0. The van der Waals surface area contributed by atoms with Crippen LogP contribution >= 0.6 is 0 Å². The number of nitrogens with two attached hydrogens (primary N) is 1. The monoisotopic (exact) mass is 308 g/mol. The summed E-state index contributed by atoms with van der Waals surface area (Å²) in [6.07, 6.45) is -0.221. The van der Waals surface area contributed by atoms with Crippen LogP contribution < -0.4 is 11.1 Å². The smallest absolute Gasteiger partial charge is 0.356 e. The molecule has 124 valence electrons. The zero-order valence-corrected chi connectivity index (χ0v) is 12.7. The first-order valence-corrected chi connectivity index (χ1v) is 7.93. The molecule has 0 heterocycles. The fraction of sp³-hybridized carbons (Fsp3) is 0.933. The lowest BCUT2D eigenvalue weighted by Gasteiger charge is -2.30. The topological polar surface area (TPSA) is 55.1 Å². The molecule has 1 aliphatic rings. The number of carbonyl (C=O) groups is 1. The third-order valence-corrected chi connectivity index (χ3v) is 4.34. The first kappa shape index (κ1) is 18.3. The third-order valence-electron chi connectivity index (χ3n) is 4.34. The lowest BCUT2D eigenvalue weighted by molar-refractivity contribution is -0.186. The summed E-state index contributed by atoms with van der Waals surface area (Å²) in [5, 5.41) is 2.83. The van der Waals surface area contributed by atoms with Crippen molar-refractivity contribution in [2.45, 2.75) is 58.0 Å². The van der Waals surface area contributed by atoms with Crippen molar-refractivity contribution >= 4 is 5.91 Å². The van der Waals surface area contributed by atoms with E-state index in [-0.39, 0.29) is 18.7 Å². The Morgan fingerprint density at radius 2 is 2.05 bits per heavy atom. The van der Waals surface area contributed by atoms with Gasteiger partial charge in [0.1, 0.15) is 0 Å². The number of amides is 1. The number of hydrogen-bond acceptors (Lipinski definition) is 2. The van der Waals surface area contributed by atoms with Crippen molar-refractivity contribution in [1.29, 1.82) is 0 Å². The van der Waals surface area contributed by atoms with Crippen LogP contribution in [0.3, 0.4) is 0 Å². The molecule has 0 aliphatic heterocycles. The number of alkyl halides is 3. The highest BCUT2D eigenvalue weighted by molar-refractivity contribution is 5.78. The third kappa shape index (κ3) is 6.24. The lowest BCUT2D eigenvalue weighted by Crippen LogP contribution is -2.39. The average molecular weight is 308 g/mol. The van der Waals surface area contributed by atoms with Gasteiger partial charge in [-0.2, -0.15) is 13.2 Å². The Kier molecular flexibility index (Phi) is 7.49. The Balaban J connectivity index is 2.43. The second-order valence-corrected chi connectivity index (χ2v) is 6.08. The Morgan fingerprint density at radius 1 is 1.33 bits per heavy atom. The lowest BCUT2D eigenvalue weighted by atomic mass is 9.80. The van der Waals surface area contributed by atoms with E-state index >= 15 is 0 Å². The summed E-state index contributed by atoms with van der Waals surface area (Å²) < 4.78 is 38.2. The number of carbonyl (C=O) groups excluding carboxylic acids is 1. The van der Waals surface area contributed by atoms with Gasteiger partial charge in [-0.3, -0.25) is 4.79 Å². The van der Waals surface area contributed by atoms with Gasteiger partial charge in [-0.15, -0.1) is 0 Å². The second-order valence-electron chi connectivity index (χ2n) is 6.08. The van der Waals surface area contributed by atoms with Gasteiger partial charge in [0.2, 0.25) is 5.91 Å². The van der Waals surface area contributed by atoms with Crippen LogP contribution in [0.2, 0.25) is 0 Å². The number of hydrogen-bond donors (Lipinski definition) is 2. The first-order chi connectivity index (χ1) is 9.88. The van der Waals surface area contributed by atoms with E-state index in [0.29, 0.717) is 31.8 Å². The molecule has 3 unspecified atom stereocenters. The molecule has 21 heavy (non-hydrogen) atoms. The van der Waals surface area contributed by atoms with E-state index < -0.39 is 18.0 Å². The summed E-state index contributed by atoms with van der Waals surface area (Å²) in [5.74, 6) is -1.71. The van der Waals surface area contributed by atoms with Crippen molar-refractivity contribution in [3.63, 3.8) is 0 Å². The molecule has 1 amide bonds. The van der Waals surface area contributed by atoms with Crippen LogP contribution in [-0.4, -0.2) is 25.2 Å². The maximum Gasteiger partial charge on any atom is 0.391 e. The molecule has 3 atom stereocenters. The Morgan fingerprint density at radius 3 is 2.62 bits per heavy atom. The van der Waals surface area contributed by atoms with Gasteiger partial charge in [-0.25, -0.2) is 0 Å². The largest absolute Gasteiger partial charge is 0.391 e. The van der Waals surface area contributed by atoms with Crippen molar-refractivity contribution in [3.8, 4) is 0 Å². The summed E-state index contributed by atoms with van der Waals surface area (Å²) in [4.78, 5) is 12.1. The highest BCUT2D eigenvalue weighted by Crippen LogP contribution is 2.39. The molecule has 0 aromatic heterocycles. The van der Waals surface area contributed by atoms with E-state index in [0.717, 1.165) is 19.3 Å². The molecule has 1 saturated carbocycles. The first-order valence-electron chi connectivity index (χ1n) is 7.93. The fourth-order valence-electron chi connectivity index (χ4n) is 3.11. The predicted octanol–water partition coefficient (Wildman–Crippen LogP) is 3.24. The minimum Gasteiger partial charge on any atom is -0.356 e. The van der Waals surface area contributed by atoms with Crippen LogP contribution in [-0.2, 0) is 4.79 Å². The number of rotatable bonds is 7. The molecule has 6 heteroatoms. The van der Waals surface area contributed by atoms with Crippen LogP contribution in [0.25, 0.3) is 0 Å². The predicted molar refractivity (Wildman–Crippen MR) is 76.6 cm³/mol. The number of nitrogens with one attached hydrogen (secondary N) is 1. The van der Waals surface area contributed by atoms with E-state index in [4.69, 9.17) is 5.73 Å². The maximum absolute atomic E-state index is 12.7. The van der Waals surface area contributed by atoms with Crippen molar-refractivity contribution in [1.82, 2.24) is 5.32 Å². The minimum absolute atomic E-state index is 0.0648. The molecule has 0 saturated heterocycles. The molecule has 3 N–H and O–H groups in total. The van der Waals surface area contributed by atoms with E-state index in [9.17, 15) is 18.0 Å². The molecule has 1 rings (SSSR count). The molecule has 0 radical (unpaired) electrons. The zero-order valence-electron chi connectivity index (χ0n) is 12.7. The average Bonchev–Trinajstić information content (AvgIpc) is 2.44. The van der Waals surface area contributed by atoms with Gasteiger partial charge in [0.25, 0.3) is 0 Å². The van der Waals surface area contributed by atoms with E-state index in [1.807, 2.05) is 0 Å². The maximum atomic E-state index is 12.7. The Hall–Kier alpha value is -0.780. The molecule has 1 fully saturated rings. The quantitative estimate of drug-likeness (QED) is 0.758. The van der Waals surface area contributed by atoms with Gasteiger partial charge >= 0.3 is 6.18 Å². The SMILES string of the molecule is CCCC(CCN)CNC(=O)C1CCCC(C(F)(F)F)C1. The van der Waals surface area contributed by atoms with Crippen molar-refractivity contribution in [2.24, 2.45) is 23.5 Å². The van der Waals surface area contributed by atoms with Crippen LogP contribution in [0.4, 0.5) is 13.2 Å². The van der Waals surface area contributed by atoms with Gasteiger partial charge < -0.3 is 11.1 Å². The standard InChI is InChI=1S/C15H27F3N2O/c1-2-4-11(7-8-19)10-20-14(21)12-5-3-6-13(9-12)15(16,17)18/h11-13H,2-10,19H2,1H3,(H,20,21). The summed E-state index contributed by atoms with van der Waals surface area (Å²) in [6, 6.07) is 0. The highest BCUT2D eigenvalue weighted by Gasteiger charge is 2.43. The van der Waals surface area contributed by atoms with E-state index in [1.54, 1.807) is 0 Å². The normalized spacial score (nSPS) is 24.6. The Bertz CT molecular complexity index is 315. The summed E-state index contributed by atoms with van der Waals surface area (Å²) in [5.41, 5.74) is 5.54. The van der Waals surface area contributed by atoms with Crippen LogP contribution in [0, 0.1) is 17.8 Å². The Labute approximate surface area is 124 Å². The van der Waals surface area contributed by atoms with Crippen LogP contribution in [0.15, 0.2) is 0 Å². The highest BCUT2D eigenvalue weighted by atomic mass is 19.4. The summed E-state index contributed by atoms with van der Waals surface area (Å²) in [7, 11) is 0. The van der Waals surface area contributed by atoms with Gasteiger partial charge in [0.15, 0.2) is 0 Å².